The maximum Gasteiger partial charge on any atom is 0.240 e. The van der Waals surface area contributed by atoms with Gasteiger partial charge < -0.3 is 11.1 Å². The first-order valence-electron chi connectivity index (χ1n) is 7.32. The number of aryl methyl sites for hydroxylation is 1. The van der Waals surface area contributed by atoms with Gasteiger partial charge in [-0.1, -0.05) is 6.42 Å². The first-order valence-corrected chi connectivity index (χ1v) is 8.19. The van der Waals surface area contributed by atoms with Gasteiger partial charge in [-0.15, -0.1) is 23.7 Å². The highest BCUT2D eigenvalue weighted by molar-refractivity contribution is 7.13. The van der Waals surface area contributed by atoms with Crippen LogP contribution in [0, 0.1) is 18.8 Å². The lowest BCUT2D eigenvalue weighted by atomic mass is 9.78. The summed E-state index contributed by atoms with van der Waals surface area (Å²) in [7, 11) is 0. The predicted molar refractivity (Wildman–Crippen MR) is 88.0 cm³/mol. The van der Waals surface area contributed by atoms with Crippen molar-refractivity contribution in [1.29, 1.82) is 0 Å². The molecule has 0 aromatic carbocycles. The van der Waals surface area contributed by atoms with Crippen molar-refractivity contribution in [2.45, 2.75) is 32.2 Å². The van der Waals surface area contributed by atoms with Crippen LogP contribution >= 0.6 is 23.7 Å². The summed E-state index contributed by atoms with van der Waals surface area (Å²) >= 11 is 1.47. The Balaban J connectivity index is 0.00000161. The van der Waals surface area contributed by atoms with E-state index in [1.165, 1.54) is 24.2 Å². The number of carbonyl (C=O) groups is 1. The molecule has 2 heterocycles. The Morgan fingerprint density at radius 2 is 2.33 bits per heavy atom. The Hall–Kier alpha value is -0.690. The van der Waals surface area contributed by atoms with E-state index >= 15 is 0 Å². The molecule has 1 saturated heterocycles. The molecule has 0 radical (unpaired) electrons. The molecule has 1 aliphatic carbocycles. The van der Waals surface area contributed by atoms with E-state index in [1.54, 1.807) is 0 Å². The van der Waals surface area contributed by atoms with Crippen molar-refractivity contribution in [2.24, 2.45) is 17.6 Å². The second-order valence-corrected chi connectivity index (χ2v) is 6.91. The number of hydrogen-bond donors (Lipinski definition) is 2. The number of hydrogen-bond acceptors (Lipinski definition) is 5. The van der Waals surface area contributed by atoms with Crippen molar-refractivity contribution in [3.05, 3.63) is 11.1 Å². The number of thiazole rings is 1. The first kappa shape index (κ1) is 16.7. The molecule has 0 spiro atoms. The van der Waals surface area contributed by atoms with Gasteiger partial charge in [0, 0.05) is 24.5 Å². The Bertz CT molecular complexity index is 495. The van der Waals surface area contributed by atoms with Crippen molar-refractivity contribution in [3.8, 4) is 0 Å². The molecule has 118 valence electrons. The van der Waals surface area contributed by atoms with Gasteiger partial charge >= 0.3 is 0 Å². The molecule has 2 aliphatic rings. The number of nitrogens with one attached hydrogen (secondary N) is 1. The van der Waals surface area contributed by atoms with E-state index in [0.717, 1.165) is 25.2 Å². The molecule has 3 atom stereocenters. The number of halogens is 1. The molecule has 1 aromatic rings. The summed E-state index contributed by atoms with van der Waals surface area (Å²) in [5.74, 6) is 1.30. The molecule has 5 nitrogen and oxygen atoms in total. The number of carbonyl (C=O) groups excluding carboxylic acids is 1. The number of anilines is 1. The number of likely N-dealkylation sites (tertiary alicyclic amines) is 1. The average Bonchev–Trinajstić information content (AvgIpc) is 2.96. The van der Waals surface area contributed by atoms with Crippen LogP contribution in [-0.2, 0) is 4.79 Å². The minimum Gasteiger partial charge on any atom is -0.327 e. The molecule has 0 bridgehead atoms. The van der Waals surface area contributed by atoms with Crippen LogP contribution in [0.3, 0.4) is 0 Å². The number of fused-ring (bicyclic) bond motifs is 1. The molecule has 3 unspecified atom stereocenters. The van der Waals surface area contributed by atoms with Gasteiger partial charge in [0.15, 0.2) is 5.13 Å². The lowest BCUT2D eigenvalue weighted by Crippen LogP contribution is -2.38. The van der Waals surface area contributed by atoms with Crippen molar-refractivity contribution < 1.29 is 4.79 Å². The van der Waals surface area contributed by atoms with Crippen LogP contribution in [0.1, 0.15) is 25.0 Å². The van der Waals surface area contributed by atoms with Gasteiger partial charge in [-0.2, -0.15) is 0 Å². The highest BCUT2D eigenvalue weighted by atomic mass is 35.5. The normalized spacial score (nSPS) is 28.8. The summed E-state index contributed by atoms with van der Waals surface area (Å²) in [6.45, 7) is 4.37. The van der Waals surface area contributed by atoms with Gasteiger partial charge in [0.1, 0.15) is 0 Å². The van der Waals surface area contributed by atoms with Gasteiger partial charge in [-0.25, -0.2) is 4.98 Å². The van der Waals surface area contributed by atoms with Crippen LogP contribution in [0.15, 0.2) is 5.38 Å². The van der Waals surface area contributed by atoms with Gasteiger partial charge in [-0.3, -0.25) is 9.69 Å². The van der Waals surface area contributed by atoms with E-state index in [2.05, 4.69) is 15.2 Å². The molecule has 1 amide bonds. The third kappa shape index (κ3) is 3.94. The van der Waals surface area contributed by atoms with Crippen LogP contribution in [-0.4, -0.2) is 41.5 Å². The van der Waals surface area contributed by atoms with Crippen molar-refractivity contribution in [2.75, 3.05) is 25.0 Å². The molecule has 21 heavy (non-hydrogen) atoms. The smallest absolute Gasteiger partial charge is 0.240 e. The second kappa shape index (κ2) is 7.05. The number of nitrogens with two attached hydrogens (primary N) is 1. The number of aromatic nitrogens is 1. The molecule has 3 N–H and O–H groups in total. The summed E-state index contributed by atoms with van der Waals surface area (Å²) in [4.78, 5) is 18.6. The third-order valence-corrected chi connectivity index (χ3v) is 5.34. The van der Waals surface area contributed by atoms with Crippen LogP contribution in [0.25, 0.3) is 0 Å². The SMILES string of the molecule is Cc1csc(NC(=O)CN2CC3CCCC(N)C3C2)n1.Cl. The highest BCUT2D eigenvalue weighted by Gasteiger charge is 2.38. The molecular formula is C14H23ClN4OS. The maximum absolute atomic E-state index is 12.0. The van der Waals surface area contributed by atoms with E-state index in [0.29, 0.717) is 29.6 Å². The summed E-state index contributed by atoms with van der Waals surface area (Å²) in [6.07, 6.45) is 3.64. The summed E-state index contributed by atoms with van der Waals surface area (Å²) < 4.78 is 0. The number of rotatable bonds is 3. The second-order valence-electron chi connectivity index (χ2n) is 6.05. The van der Waals surface area contributed by atoms with E-state index < -0.39 is 0 Å². The van der Waals surface area contributed by atoms with Crippen LogP contribution in [0.4, 0.5) is 5.13 Å². The molecule has 1 aromatic heterocycles. The Labute approximate surface area is 135 Å². The topological polar surface area (TPSA) is 71.2 Å². The molecule has 1 saturated carbocycles. The van der Waals surface area contributed by atoms with Crippen molar-refractivity contribution >= 4 is 34.8 Å². The molecular weight excluding hydrogens is 308 g/mol. The molecule has 3 rings (SSSR count). The molecule has 7 heteroatoms. The zero-order valence-corrected chi connectivity index (χ0v) is 13.9. The standard InChI is InChI=1S/C14H22N4OS.ClH/c1-9-8-20-14(16-9)17-13(19)7-18-5-10-3-2-4-12(15)11(10)6-18;/h8,10-12H,2-7,15H2,1H3,(H,16,17,19);1H. The Kier molecular flexibility index (Phi) is 5.60. The number of nitrogens with zero attached hydrogens (tertiary/aromatic N) is 2. The third-order valence-electron chi connectivity index (χ3n) is 4.46. The predicted octanol–water partition coefficient (Wildman–Crippen LogP) is 1.87. The largest absolute Gasteiger partial charge is 0.327 e. The fourth-order valence-corrected chi connectivity index (χ4v) is 4.22. The molecule has 1 aliphatic heterocycles. The zero-order valence-electron chi connectivity index (χ0n) is 12.2. The van der Waals surface area contributed by atoms with Crippen LogP contribution in [0.2, 0.25) is 0 Å². The molecule has 2 fully saturated rings. The maximum atomic E-state index is 12.0. The van der Waals surface area contributed by atoms with E-state index in [9.17, 15) is 4.79 Å². The minimum atomic E-state index is 0. The van der Waals surface area contributed by atoms with Crippen molar-refractivity contribution in [3.63, 3.8) is 0 Å². The average molecular weight is 331 g/mol. The van der Waals surface area contributed by atoms with Crippen LogP contribution in [0.5, 0.6) is 0 Å². The Morgan fingerprint density at radius 3 is 3.00 bits per heavy atom. The van der Waals surface area contributed by atoms with Gasteiger partial charge in [-0.05, 0) is 31.6 Å². The summed E-state index contributed by atoms with van der Waals surface area (Å²) in [6, 6.07) is 0.323. The Morgan fingerprint density at radius 1 is 1.52 bits per heavy atom. The highest BCUT2D eigenvalue weighted by Crippen LogP contribution is 2.35. The fourth-order valence-electron chi connectivity index (χ4n) is 3.51. The first-order chi connectivity index (χ1) is 9.61. The fraction of sp³-hybridized carbons (Fsp3) is 0.714. The number of amides is 1. The van der Waals surface area contributed by atoms with Gasteiger partial charge in [0.2, 0.25) is 5.91 Å². The zero-order chi connectivity index (χ0) is 14.1. The van der Waals surface area contributed by atoms with E-state index in [1.807, 2.05) is 12.3 Å². The van der Waals surface area contributed by atoms with Crippen LogP contribution < -0.4 is 11.1 Å². The lowest BCUT2D eigenvalue weighted by molar-refractivity contribution is -0.117. The summed E-state index contributed by atoms with van der Waals surface area (Å²) in [5, 5.41) is 5.52. The van der Waals surface area contributed by atoms with E-state index in [-0.39, 0.29) is 18.3 Å². The van der Waals surface area contributed by atoms with E-state index in [4.69, 9.17) is 5.73 Å². The quantitative estimate of drug-likeness (QED) is 0.887. The summed E-state index contributed by atoms with van der Waals surface area (Å²) in [5.41, 5.74) is 7.15. The minimum absolute atomic E-state index is 0. The van der Waals surface area contributed by atoms with Gasteiger partial charge in [0.05, 0.1) is 12.2 Å². The van der Waals surface area contributed by atoms with Crippen molar-refractivity contribution in [1.82, 2.24) is 9.88 Å². The monoisotopic (exact) mass is 330 g/mol. The van der Waals surface area contributed by atoms with Gasteiger partial charge in [0.25, 0.3) is 0 Å². The lowest BCUT2D eigenvalue weighted by Gasteiger charge is -2.29.